The van der Waals surface area contributed by atoms with E-state index in [-0.39, 0.29) is 33.4 Å². The Bertz CT molecular complexity index is 1260. The highest BCUT2D eigenvalue weighted by atomic mass is 19.4. The maximum absolute atomic E-state index is 13.0. The fraction of sp³-hybridized carbons (Fsp3) is 0.150. The minimum absolute atomic E-state index is 0.0272. The average Bonchev–Trinajstić information content (AvgIpc) is 3.03. The summed E-state index contributed by atoms with van der Waals surface area (Å²) in [4.78, 5) is 28.3. The first-order valence-corrected chi connectivity index (χ1v) is 8.53. The SMILES string of the molecule is O=C(O)c1ccc2c(=O)n3c(nc2c1)/C(=C/c1cc(O)cc(C(F)(F)F)c1)CC3. The lowest BCUT2D eigenvalue weighted by Crippen LogP contribution is -2.21. The van der Waals surface area contributed by atoms with Crippen molar-refractivity contribution in [1.82, 2.24) is 9.55 Å². The number of hydrogen-bond acceptors (Lipinski definition) is 4. The van der Waals surface area contributed by atoms with E-state index in [0.29, 0.717) is 24.6 Å². The van der Waals surface area contributed by atoms with Crippen molar-refractivity contribution in [2.24, 2.45) is 0 Å². The summed E-state index contributed by atoms with van der Waals surface area (Å²) in [5, 5.41) is 19.0. The first-order chi connectivity index (χ1) is 13.6. The molecule has 1 aromatic heterocycles. The van der Waals surface area contributed by atoms with Crippen LogP contribution < -0.4 is 5.56 Å². The van der Waals surface area contributed by atoms with Crippen molar-refractivity contribution in [2.45, 2.75) is 19.1 Å². The minimum Gasteiger partial charge on any atom is -0.508 e. The first-order valence-electron chi connectivity index (χ1n) is 8.53. The maximum Gasteiger partial charge on any atom is 0.416 e. The second-order valence-corrected chi connectivity index (χ2v) is 6.66. The molecule has 0 radical (unpaired) electrons. The van der Waals surface area contributed by atoms with Crippen LogP contribution in [-0.4, -0.2) is 25.7 Å². The highest BCUT2D eigenvalue weighted by Gasteiger charge is 2.31. The third-order valence-electron chi connectivity index (χ3n) is 4.70. The van der Waals surface area contributed by atoms with E-state index in [0.717, 1.165) is 6.07 Å². The van der Waals surface area contributed by atoms with Gasteiger partial charge in [0.05, 0.1) is 22.0 Å². The van der Waals surface area contributed by atoms with Crippen molar-refractivity contribution in [3.05, 3.63) is 69.3 Å². The number of aromatic carboxylic acids is 1. The molecule has 0 unspecified atom stereocenters. The molecule has 0 amide bonds. The Morgan fingerprint density at radius 1 is 1.17 bits per heavy atom. The van der Waals surface area contributed by atoms with Crippen LogP contribution in [0.5, 0.6) is 5.75 Å². The number of carboxylic acids is 1. The Morgan fingerprint density at radius 3 is 2.62 bits per heavy atom. The maximum atomic E-state index is 13.0. The zero-order chi connectivity index (χ0) is 20.9. The molecule has 6 nitrogen and oxygen atoms in total. The Balaban J connectivity index is 1.86. The highest BCUT2D eigenvalue weighted by molar-refractivity contribution is 5.93. The number of phenols is 1. The van der Waals surface area contributed by atoms with Crippen LogP contribution >= 0.6 is 0 Å². The number of aromatic nitrogens is 2. The van der Waals surface area contributed by atoms with Gasteiger partial charge < -0.3 is 10.2 Å². The summed E-state index contributed by atoms with van der Waals surface area (Å²) in [6.45, 7) is 0.300. The number of benzene rings is 2. The largest absolute Gasteiger partial charge is 0.508 e. The third-order valence-corrected chi connectivity index (χ3v) is 4.70. The van der Waals surface area contributed by atoms with Crippen molar-refractivity contribution in [2.75, 3.05) is 0 Å². The van der Waals surface area contributed by atoms with E-state index in [1.807, 2.05) is 0 Å². The van der Waals surface area contributed by atoms with Gasteiger partial charge in [0.15, 0.2) is 0 Å². The summed E-state index contributed by atoms with van der Waals surface area (Å²) in [6, 6.07) is 6.72. The summed E-state index contributed by atoms with van der Waals surface area (Å²) in [5.41, 5.74) is -0.533. The number of aromatic hydroxyl groups is 1. The van der Waals surface area contributed by atoms with E-state index in [4.69, 9.17) is 5.11 Å². The Morgan fingerprint density at radius 2 is 1.93 bits per heavy atom. The number of halogens is 3. The molecule has 0 saturated heterocycles. The topological polar surface area (TPSA) is 92.4 Å². The van der Waals surface area contributed by atoms with E-state index in [2.05, 4.69) is 4.98 Å². The lowest BCUT2D eigenvalue weighted by atomic mass is 10.1. The molecule has 29 heavy (non-hydrogen) atoms. The number of carbonyl (C=O) groups is 1. The second kappa shape index (κ2) is 6.47. The molecule has 9 heteroatoms. The Kier molecular flexibility index (Phi) is 4.18. The quantitative estimate of drug-likeness (QED) is 0.681. The minimum atomic E-state index is -4.61. The molecule has 0 aliphatic carbocycles. The van der Waals surface area contributed by atoms with E-state index in [1.54, 1.807) is 0 Å². The number of allylic oxidation sites excluding steroid dienone is 1. The number of nitrogens with zero attached hydrogens (tertiary/aromatic N) is 2. The van der Waals surface area contributed by atoms with Crippen molar-refractivity contribution < 1.29 is 28.2 Å². The Hall–Kier alpha value is -3.62. The number of alkyl halides is 3. The van der Waals surface area contributed by atoms with Gasteiger partial charge in [-0.3, -0.25) is 9.36 Å². The Labute approximate surface area is 161 Å². The van der Waals surface area contributed by atoms with E-state index < -0.39 is 23.5 Å². The average molecular weight is 402 g/mol. The van der Waals surface area contributed by atoms with E-state index in [1.165, 1.54) is 34.9 Å². The van der Waals surface area contributed by atoms with Crippen LogP contribution in [0.25, 0.3) is 22.6 Å². The molecule has 148 valence electrons. The zero-order valence-electron chi connectivity index (χ0n) is 14.7. The number of phenolic OH excluding ortho intramolecular Hbond substituents is 1. The monoisotopic (exact) mass is 402 g/mol. The summed E-state index contributed by atoms with van der Waals surface area (Å²) in [5.74, 6) is -1.42. The first kappa shape index (κ1) is 18.7. The molecule has 2 heterocycles. The highest BCUT2D eigenvalue weighted by Crippen LogP contribution is 2.34. The summed E-state index contributed by atoms with van der Waals surface area (Å²) in [7, 11) is 0. The molecule has 0 fully saturated rings. The number of carboxylic acid groups (broad SMARTS) is 1. The van der Waals surface area contributed by atoms with Gasteiger partial charge in [-0.2, -0.15) is 13.2 Å². The predicted molar refractivity (Wildman–Crippen MR) is 98.6 cm³/mol. The molecule has 0 atom stereocenters. The molecule has 1 aliphatic heterocycles. The summed E-state index contributed by atoms with van der Waals surface area (Å²) < 4.78 is 40.4. The van der Waals surface area contributed by atoms with Gasteiger partial charge in [0.25, 0.3) is 5.56 Å². The van der Waals surface area contributed by atoms with Gasteiger partial charge >= 0.3 is 12.1 Å². The van der Waals surface area contributed by atoms with E-state index in [9.17, 15) is 27.9 Å². The van der Waals surface area contributed by atoms with Gasteiger partial charge in [-0.1, -0.05) is 0 Å². The van der Waals surface area contributed by atoms with Crippen LogP contribution in [0.2, 0.25) is 0 Å². The smallest absolute Gasteiger partial charge is 0.416 e. The van der Waals surface area contributed by atoms with Gasteiger partial charge in [-0.05, 0) is 60.0 Å². The van der Waals surface area contributed by atoms with Crippen molar-refractivity contribution in [3.63, 3.8) is 0 Å². The third kappa shape index (κ3) is 3.35. The molecule has 0 saturated carbocycles. The molecule has 3 aromatic rings. The lowest BCUT2D eigenvalue weighted by molar-refractivity contribution is -0.137. The van der Waals surface area contributed by atoms with Crippen LogP contribution in [0.1, 0.15) is 33.7 Å². The number of fused-ring (bicyclic) bond motifs is 2. The molecule has 2 aromatic carbocycles. The molecule has 2 N–H and O–H groups in total. The molecule has 1 aliphatic rings. The summed E-state index contributed by atoms with van der Waals surface area (Å²) >= 11 is 0. The second-order valence-electron chi connectivity index (χ2n) is 6.66. The predicted octanol–water partition coefficient (Wildman–Crippen LogP) is 3.76. The van der Waals surface area contributed by atoms with Gasteiger partial charge in [-0.15, -0.1) is 0 Å². The van der Waals surface area contributed by atoms with Crippen molar-refractivity contribution in [1.29, 1.82) is 0 Å². The number of hydrogen-bond donors (Lipinski definition) is 2. The van der Waals surface area contributed by atoms with Gasteiger partial charge in [0.1, 0.15) is 11.6 Å². The van der Waals surface area contributed by atoms with Crippen LogP contribution in [0, 0.1) is 0 Å². The fourth-order valence-corrected chi connectivity index (χ4v) is 3.37. The van der Waals surface area contributed by atoms with Crippen molar-refractivity contribution >= 4 is 28.5 Å². The standard InChI is InChI=1S/C20H13F3N2O4/c21-20(22,23)13-6-10(7-14(26)9-13)5-11-3-4-25-17(11)24-16-8-12(19(28)29)1-2-15(16)18(25)27/h1-2,5-9,26H,3-4H2,(H,28,29)/b11-5+. The van der Waals surface area contributed by atoms with Crippen LogP contribution in [0.3, 0.4) is 0 Å². The number of rotatable bonds is 2. The molecule has 4 rings (SSSR count). The molecular weight excluding hydrogens is 389 g/mol. The lowest BCUT2D eigenvalue weighted by Gasteiger charge is -2.09. The van der Waals surface area contributed by atoms with Crippen LogP contribution in [-0.2, 0) is 12.7 Å². The van der Waals surface area contributed by atoms with Crippen molar-refractivity contribution in [3.8, 4) is 5.75 Å². The van der Waals surface area contributed by atoms with Gasteiger partial charge in [-0.25, -0.2) is 9.78 Å². The van der Waals surface area contributed by atoms with E-state index >= 15 is 0 Å². The van der Waals surface area contributed by atoms with Crippen LogP contribution in [0.15, 0.2) is 41.2 Å². The van der Waals surface area contributed by atoms with Gasteiger partial charge in [0, 0.05) is 6.54 Å². The molecule has 0 bridgehead atoms. The zero-order valence-corrected chi connectivity index (χ0v) is 14.7. The normalized spacial score (nSPS) is 15.1. The van der Waals surface area contributed by atoms with Crippen LogP contribution in [0.4, 0.5) is 13.2 Å². The fourth-order valence-electron chi connectivity index (χ4n) is 3.37. The molecular formula is C20H13F3N2O4. The molecule has 0 spiro atoms. The summed E-state index contributed by atoms with van der Waals surface area (Å²) in [6.07, 6.45) is -2.81. The van der Waals surface area contributed by atoms with Gasteiger partial charge in [0.2, 0.25) is 0 Å².